The van der Waals surface area contributed by atoms with Gasteiger partial charge in [0.05, 0.1) is 13.2 Å². The van der Waals surface area contributed by atoms with Crippen molar-refractivity contribution in [1.82, 2.24) is 5.32 Å². The fraction of sp³-hybridized carbons (Fsp3) is 0.281. The molecule has 0 bridgehead atoms. The predicted molar refractivity (Wildman–Crippen MR) is 153 cm³/mol. The number of nitrogens with one attached hydrogen (secondary N) is 1. The van der Waals surface area contributed by atoms with Gasteiger partial charge in [-0.05, 0) is 54.5 Å². The normalized spacial score (nSPS) is 13.6. The van der Waals surface area contributed by atoms with Crippen LogP contribution in [0.1, 0.15) is 22.3 Å². The zero-order valence-electron chi connectivity index (χ0n) is 22.8. The third-order valence-electron chi connectivity index (χ3n) is 7.70. The first kappa shape index (κ1) is 29.9. The van der Waals surface area contributed by atoms with Crippen LogP contribution in [0.15, 0.2) is 78.9 Å². The molecule has 1 heterocycles. The molecule has 2 N–H and O–H groups in total. The van der Waals surface area contributed by atoms with Gasteiger partial charge in [0.1, 0.15) is 0 Å². The van der Waals surface area contributed by atoms with Crippen molar-refractivity contribution in [2.75, 3.05) is 19.7 Å². The van der Waals surface area contributed by atoms with E-state index in [1.807, 2.05) is 0 Å². The van der Waals surface area contributed by atoms with Crippen molar-refractivity contribution in [3.63, 3.8) is 0 Å². The summed E-state index contributed by atoms with van der Waals surface area (Å²) in [5, 5.41) is 12.7. The maximum atomic E-state index is 10.7. The number of rotatable bonds is 6. The van der Waals surface area contributed by atoms with Crippen LogP contribution < -0.4 is 9.88 Å². The van der Waals surface area contributed by atoms with E-state index in [1.165, 1.54) is 55.9 Å². The van der Waals surface area contributed by atoms with E-state index in [4.69, 9.17) is 13.0 Å². The van der Waals surface area contributed by atoms with Gasteiger partial charge in [-0.25, -0.2) is 8.42 Å². The van der Waals surface area contributed by atoms with Gasteiger partial charge in [0.2, 0.25) is 11.4 Å². The average molecular weight is 597 g/mol. The molecular weight excluding hydrogens is 565 g/mol. The minimum absolute atomic E-state index is 0.166. The number of aliphatic hydroxyl groups excluding tert-OH is 1. The minimum Gasteiger partial charge on any atom is -0.741 e. The Morgan fingerprint density at radius 1 is 0.762 bits per heavy atom. The molecule has 6 rings (SSSR count). The molecule has 0 saturated carbocycles. The first-order valence-electron chi connectivity index (χ1n) is 13.8. The topological polar surface area (TPSA) is 93.3 Å². The van der Waals surface area contributed by atoms with Crippen LogP contribution in [-0.2, 0) is 42.3 Å². The van der Waals surface area contributed by atoms with E-state index in [0.717, 1.165) is 38.8 Å². The van der Waals surface area contributed by atoms with Crippen LogP contribution in [0.2, 0.25) is 0 Å². The van der Waals surface area contributed by atoms with Gasteiger partial charge in [-0.2, -0.15) is 17.7 Å². The Bertz CT molecular complexity index is 1610. The molecule has 0 unspecified atom stereocenters. The standard InChI is InChI=1S/C31H31N2O.CHF3O3S/c34-21-19-32-18-20-33-30-25-12-6-4-8-22(25)14-16-27(30)29(24-10-2-1-3-11-24)28-17-15-23-9-5-7-13-26(23)31(28)33;2-1(3,4)8(5,6)7/h1-13,32,34H,14-21H2;(H,5,6,7)/q+1;/p-1. The lowest BCUT2D eigenvalue weighted by molar-refractivity contribution is -0.674. The molecule has 0 amide bonds. The maximum Gasteiger partial charge on any atom is 0.485 e. The van der Waals surface area contributed by atoms with Crippen molar-refractivity contribution in [1.29, 1.82) is 0 Å². The molecule has 0 radical (unpaired) electrons. The first-order valence-corrected chi connectivity index (χ1v) is 15.2. The number of pyridine rings is 1. The quantitative estimate of drug-likeness (QED) is 0.144. The molecule has 2 aliphatic rings. The van der Waals surface area contributed by atoms with Gasteiger partial charge in [0.25, 0.3) is 0 Å². The summed E-state index contributed by atoms with van der Waals surface area (Å²) in [7, 11) is -6.09. The highest BCUT2D eigenvalue weighted by atomic mass is 32.2. The van der Waals surface area contributed by atoms with Gasteiger partial charge in [0, 0.05) is 34.4 Å². The monoisotopic (exact) mass is 596 g/mol. The molecule has 0 atom stereocenters. The van der Waals surface area contributed by atoms with E-state index >= 15 is 0 Å². The molecule has 6 nitrogen and oxygen atoms in total. The molecule has 1 aromatic heterocycles. The van der Waals surface area contributed by atoms with E-state index in [2.05, 4.69) is 88.7 Å². The lowest BCUT2D eigenvalue weighted by Crippen LogP contribution is -2.46. The highest BCUT2D eigenvalue weighted by Gasteiger charge is 2.38. The van der Waals surface area contributed by atoms with Crippen LogP contribution in [-0.4, -0.2) is 43.3 Å². The summed E-state index contributed by atoms with van der Waals surface area (Å²) >= 11 is 0. The molecule has 0 aliphatic heterocycles. The average Bonchev–Trinajstić information content (AvgIpc) is 2.98. The van der Waals surface area contributed by atoms with Crippen LogP contribution in [0.3, 0.4) is 0 Å². The summed E-state index contributed by atoms with van der Waals surface area (Å²) in [5.41, 5.74) is 8.49. The molecule has 3 aromatic carbocycles. The van der Waals surface area contributed by atoms with Crippen LogP contribution >= 0.6 is 0 Å². The minimum atomic E-state index is -6.09. The molecular formula is C32H31F3N2O4S. The van der Waals surface area contributed by atoms with Gasteiger partial charge in [-0.1, -0.05) is 66.7 Å². The van der Waals surface area contributed by atoms with Crippen LogP contribution in [0.25, 0.3) is 33.6 Å². The number of aromatic nitrogens is 1. The van der Waals surface area contributed by atoms with Crippen molar-refractivity contribution in [2.24, 2.45) is 0 Å². The summed E-state index contributed by atoms with van der Waals surface area (Å²) in [6, 6.07) is 28.9. The summed E-state index contributed by atoms with van der Waals surface area (Å²) in [4.78, 5) is 0. The van der Waals surface area contributed by atoms with Crippen LogP contribution in [0.4, 0.5) is 13.2 Å². The Labute approximate surface area is 243 Å². The summed E-state index contributed by atoms with van der Waals surface area (Å²) in [5.74, 6) is 0. The second-order valence-corrected chi connectivity index (χ2v) is 11.6. The third kappa shape index (κ3) is 5.98. The summed E-state index contributed by atoms with van der Waals surface area (Å²) < 4.78 is 61.5. The van der Waals surface area contributed by atoms with Gasteiger partial charge in [-0.3, -0.25) is 0 Å². The second kappa shape index (κ2) is 12.3. The number of fused-ring (bicyclic) bond motifs is 6. The van der Waals surface area contributed by atoms with E-state index in [9.17, 15) is 18.3 Å². The zero-order chi connectivity index (χ0) is 29.9. The molecule has 10 heteroatoms. The number of hydrogen-bond donors (Lipinski definition) is 2. The predicted octanol–water partition coefficient (Wildman–Crippen LogP) is 4.81. The number of benzene rings is 3. The van der Waals surface area contributed by atoms with E-state index < -0.39 is 15.6 Å². The Kier molecular flexibility index (Phi) is 8.79. The SMILES string of the molecule is O=S(=O)([O-])C(F)(F)F.OCCNCC[n+]1c2c(c(-c3ccccc3)c3c1-c1ccccc1CC3)CCc1ccccc1-2. The van der Waals surface area contributed by atoms with Crippen LogP contribution in [0.5, 0.6) is 0 Å². The second-order valence-electron chi connectivity index (χ2n) is 10.2. The number of aliphatic hydroxyl groups is 1. The van der Waals surface area contributed by atoms with Gasteiger partial charge in [0.15, 0.2) is 16.7 Å². The number of aryl methyl sites for hydroxylation is 2. The number of nitrogens with zero attached hydrogens (tertiary/aromatic N) is 1. The van der Waals surface area contributed by atoms with Gasteiger partial charge < -0.3 is 15.0 Å². The Hall–Kier alpha value is -3.57. The molecule has 0 spiro atoms. The Balaban J connectivity index is 0.000000390. The molecule has 42 heavy (non-hydrogen) atoms. The lowest BCUT2D eigenvalue weighted by atomic mass is 9.77. The molecule has 0 fully saturated rings. The fourth-order valence-corrected chi connectivity index (χ4v) is 5.99. The van der Waals surface area contributed by atoms with Gasteiger partial charge >= 0.3 is 5.51 Å². The maximum absolute atomic E-state index is 10.7. The molecule has 2 aliphatic carbocycles. The number of hydrogen-bond acceptors (Lipinski definition) is 5. The summed E-state index contributed by atoms with van der Waals surface area (Å²) in [6.45, 7) is 2.50. The smallest absolute Gasteiger partial charge is 0.485 e. The van der Waals surface area contributed by atoms with Crippen molar-refractivity contribution in [3.8, 4) is 33.6 Å². The van der Waals surface area contributed by atoms with E-state index in [1.54, 1.807) is 0 Å². The zero-order valence-corrected chi connectivity index (χ0v) is 23.6. The highest BCUT2D eigenvalue weighted by Crippen LogP contribution is 2.44. The van der Waals surface area contributed by atoms with Crippen molar-refractivity contribution in [2.45, 2.75) is 37.7 Å². The Morgan fingerprint density at radius 2 is 1.24 bits per heavy atom. The van der Waals surface area contributed by atoms with Crippen molar-refractivity contribution < 1.29 is 35.8 Å². The lowest BCUT2D eigenvalue weighted by Gasteiger charge is -2.28. The Morgan fingerprint density at radius 3 is 1.71 bits per heavy atom. The highest BCUT2D eigenvalue weighted by molar-refractivity contribution is 7.86. The summed E-state index contributed by atoms with van der Waals surface area (Å²) in [6.07, 6.45) is 4.30. The molecule has 220 valence electrons. The van der Waals surface area contributed by atoms with Crippen LogP contribution in [0, 0.1) is 0 Å². The van der Waals surface area contributed by atoms with Gasteiger partial charge in [-0.15, -0.1) is 0 Å². The first-order chi connectivity index (χ1) is 20.1. The largest absolute Gasteiger partial charge is 0.741 e. The van der Waals surface area contributed by atoms with Crippen molar-refractivity contribution in [3.05, 3.63) is 101 Å². The third-order valence-corrected chi connectivity index (χ3v) is 8.26. The molecule has 4 aromatic rings. The van der Waals surface area contributed by atoms with E-state index in [-0.39, 0.29) is 6.61 Å². The van der Waals surface area contributed by atoms with Crippen molar-refractivity contribution >= 4 is 10.1 Å². The number of halogens is 3. The van der Waals surface area contributed by atoms with E-state index in [0.29, 0.717) is 6.54 Å². The molecule has 0 saturated heterocycles. The number of alkyl halides is 3. The fourth-order valence-electron chi connectivity index (χ4n) is 5.99.